The molecule has 7 heteroatoms. The molecule has 2 fully saturated rings. The van der Waals surface area contributed by atoms with Crippen molar-refractivity contribution in [2.75, 3.05) is 59.7 Å². The summed E-state index contributed by atoms with van der Waals surface area (Å²) in [5.41, 5.74) is 2.77. The number of methoxy groups -OCH3 is 1. The van der Waals surface area contributed by atoms with Crippen molar-refractivity contribution in [2.24, 2.45) is 10.9 Å². The first-order valence-corrected chi connectivity index (χ1v) is 12.2. The second-order valence-electron chi connectivity index (χ2n) is 8.80. The average Bonchev–Trinajstić information content (AvgIpc) is 3.11. The number of hydrogen-bond acceptors (Lipinski definition) is 4. The Labute approximate surface area is 212 Å². The lowest BCUT2D eigenvalue weighted by Gasteiger charge is -2.23. The molecule has 2 aliphatic rings. The predicted molar refractivity (Wildman–Crippen MR) is 143 cm³/mol. The maximum absolute atomic E-state index is 5.76. The van der Waals surface area contributed by atoms with Crippen molar-refractivity contribution in [3.05, 3.63) is 35.4 Å². The first kappa shape index (κ1) is 27.3. The van der Waals surface area contributed by atoms with Crippen molar-refractivity contribution in [2.45, 2.75) is 52.1 Å². The Hall–Kier alpha value is -0.900. The van der Waals surface area contributed by atoms with E-state index in [1.165, 1.54) is 49.9 Å². The van der Waals surface area contributed by atoms with E-state index >= 15 is 0 Å². The van der Waals surface area contributed by atoms with E-state index in [0.717, 1.165) is 51.7 Å². The zero-order valence-corrected chi connectivity index (χ0v) is 22.4. The van der Waals surface area contributed by atoms with Crippen molar-refractivity contribution in [3.8, 4) is 0 Å². The van der Waals surface area contributed by atoms with Gasteiger partial charge in [0.15, 0.2) is 5.96 Å². The maximum atomic E-state index is 5.76. The van der Waals surface area contributed by atoms with Crippen LogP contribution in [0, 0.1) is 5.92 Å². The molecular weight excluding hydrogens is 515 g/mol. The van der Waals surface area contributed by atoms with Gasteiger partial charge in [0.05, 0.1) is 26.4 Å². The molecular formula is C25H43IN4O2. The fraction of sp³-hybridized carbons (Fsp3) is 0.720. The van der Waals surface area contributed by atoms with Gasteiger partial charge in [-0.2, -0.15) is 0 Å². The van der Waals surface area contributed by atoms with Gasteiger partial charge >= 0.3 is 0 Å². The maximum Gasteiger partial charge on any atom is 0.194 e. The smallest absolute Gasteiger partial charge is 0.194 e. The van der Waals surface area contributed by atoms with Gasteiger partial charge in [-0.25, -0.2) is 4.99 Å². The van der Waals surface area contributed by atoms with Crippen LogP contribution in [0.15, 0.2) is 29.3 Å². The lowest BCUT2D eigenvalue weighted by molar-refractivity contribution is 0.0536. The van der Waals surface area contributed by atoms with Crippen LogP contribution in [0.3, 0.4) is 0 Å². The van der Waals surface area contributed by atoms with E-state index < -0.39 is 0 Å². The average molecular weight is 559 g/mol. The summed E-state index contributed by atoms with van der Waals surface area (Å²) >= 11 is 0. The van der Waals surface area contributed by atoms with Crippen LogP contribution in [0.25, 0.3) is 0 Å². The molecule has 1 aromatic carbocycles. The van der Waals surface area contributed by atoms with Crippen LogP contribution in [-0.4, -0.2) is 75.4 Å². The second-order valence-corrected chi connectivity index (χ2v) is 8.80. The van der Waals surface area contributed by atoms with Crippen molar-refractivity contribution >= 4 is 29.9 Å². The SMILES string of the molecule is CCNC(=NCc1ccccc1CN1CCCCCC1)N1CCC(COCCOC)C1.I. The summed E-state index contributed by atoms with van der Waals surface area (Å²) < 4.78 is 10.8. The molecule has 0 saturated carbocycles. The Bertz CT molecular complexity index is 665. The van der Waals surface area contributed by atoms with Crippen LogP contribution in [0.2, 0.25) is 0 Å². The molecule has 6 nitrogen and oxygen atoms in total. The summed E-state index contributed by atoms with van der Waals surface area (Å²) in [7, 11) is 1.71. The Balaban J connectivity index is 0.00000363. The van der Waals surface area contributed by atoms with E-state index in [9.17, 15) is 0 Å². The Kier molecular flexibility index (Phi) is 13.5. The van der Waals surface area contributed by atoms with E-state index in [0.29, 0.717) is 19.1 Å². The minimum Gasteiger partial charge on any atom is -0.382 e. The van der Waals surface area contributed by atoms with Gasteiger partial charge in [0.25, 0.3) is 0 Å². The number of nitrogens with zero attached hydrogens (tertiary/aromatic N) is 3. The van der Waals surface area contributed by atoms with Crippen molar-refractivity contribution in [3.63, 3.8) is 0 Å². The molecule has 2 heterocycles. The van der Waals surface area contributed by atoms with Gasteiger partial charge in [0, 0.05) is 39.2 Å². The van der Waals surface area contributed by atoms with Gasteiger partial charge < -0.3 is 19.7 Å². The summed E-state index contributed by atoms with van der Waals surface area (Å²) in [6.07, 6.45) is 6.57. The number of ether oxygens (including phenoxy) is 2. The quantitative estimate of drug-likeness (QED) is 0.203. The minimum atomic E-state index is 0. The number of guanidine groups is 1. The summed E-state index contributed by atoms with van der Waals surface area (Å²) in [4.78, 5) is 10.0. The Morgan fingerprint density at radius 1 is 1.06 bits per heavy atom. The third kappa shape index (κ3) is 9.15. The third-order valence-electron chi connectivity index (χ3n) is 6.32. The topological polar surface area (TPSA) is 49.3 Å². The molecule has 182 valence electrons. The van der Waals surface area contributed by atoms with Crippen molar-refractivity contribution < 1.29 is 9.47 Å². The van der Waals surface area contributed by atoms with Crippen LogP contribution in [0.4, 0.5) is 0 Å². The van der Waals surface area contributed by atoms with Crippen LogP contribution in [0.5, 0.6) is 0 Å². The van der Waals surface area contributed by atoms with E-state index in [1.54, 1.807) is 7.11 Å². The van der Waals surface area contributed by atoms with Gasteiger partial charge in [0.1, 0.15) is 0 Å². The first-order valence-electron chi connectivity index (χ1n) is 12.2. The monoisotopic (exact) mass is 558 g/mol. The number of halogens is 1. The number of likely N-dealkylation sites (tertiary alicyclic amines) is 2. The molecule has 0 amide bonds. The predicted octanol–water partition coefficient (Wildman–Crippen LogP) is 4.13. The highest BCUT2D eigenvalue weighted by molar-refractivity contribution is 14.0. The highest BCUT2D eigenvalue weighted by atomic mass is 127. The number of nitrogens with one attached hydrogen (secondary N) is 1. The van der Waals surface area contributed by atoms with E-state index in [4.69, 9.17) is 14.5 Å². The summed E-state index contributed by atoms with van der Waals surface area (Å²) in [6, 6.07) is 8.84. The highest BCUT2D eigenvalue weighted by Crippen LogP contribution is 2.19. The van der Waals surface area contributed by atoms with Crippen LogP contribution in [0.1, 0.15) is 50.2 Å². The number of rotatable bonds is 10. The Morgan fingerprint density at radius 3 is 2.53 bits per heavy atom. The molecule has 32 heavy (non-hydrogen) atoms. The summed E-state index contributed by atoms with van der Waals surface area (Å²) in [5, 5.41) is 3.51. The first-order chi connectivity index (χ1) is 15.3. The van der Waals surface area contributed by atoms with Gasteiger partial charge in [-0.3, -0.25) is 4.90 Å². The molecule has 0 bridgehead atoms. The molecule has 2 aliphatic heterocycles. The fourth-order valence-electron chi connectivity index (χ4n) is 4.54. The van der Waals surface area contributed by atoms with E-state index in [-0.39, 0.29) is 24.0 Å². The van der Waals surface area contributed by atoms with Crippen LogP contribution in [-0.2, 0) is 22.6 Å². The van der Waals surface area contributed by atoms with Crippen LogP contribution >= 0.6 is 24.0 Å². The zero-order valence-electron chi connectivity index (χ0n) is 20.1. The fourth-order valence-corrected chi connectivity index (χ4v) is 4.54. The minimum absolute atomic E-state index is 0. The zero-order chi connectivity index (χ0) is 21.7. The highest BCUT2D eigenvalue weighted by Gasteiger charge is 2.25. The number of aliphatic imine (C=N–C) groups is 1. The molecule has 3 rings (SSSR count). The normalized spacial score (nSPS) is 20.1. The molecule has 0 spiro atoms. The van der Waals surface area contributed by atoms with Crippen molar-refractivity contribution in [1.29, 1.82) is 0 Å². The molecule has 1 unspecified atom stereocenters. The molecule has 1 atom stereocenters. The molecule has 1 aromatic rings. The molecule has 2 saturated heterocycles. The van der Waals surface area contributed by atoms with Gasteiger partial charge in [-0.05, 0) is 50.4 Å². The molecule has 0 radical (unpaired) electrons. The molecule has 0 aromatic heterocycles. The lowest BCUT2D eigenvalue weighted by Crippen LogP contribution is -2.40. The van der Waals surface area contributed by atoms with Gasteiger partial charge in [-0.1, -0.05) is 37.1 Å². The number of benzene rings is 1. The van der Waals surface area contributed by atoms with Gasteiger partial charge in [0.2, 0.25) is 0 Å². The van der Waals surface area contributed by atoms with E-state index in [1.807, 2.05) is 0 Å². The summed E-state index contributed by atoms with van der Waals surface area (Å²) in [5.74, 6) is 1.60. The largest absolute Gasteiger partial charge is 0.382 e. The summed E-state index contributed by atoms with van der Waals surface area (Å²) in [6.45, 7) is 11.5. The van der Waals surface area contributed by atoms with Crippen LogP contribution < -0.4 is 5.32 Å². The van der Waals surface area contributed by atoms with Gasteiger partial charge in [-0.15, -0.1) is 24.0 Å². The second kappa shape index (κ2) is 15.9. The Morgan fingerprint density at radius 2 is 1.81 bits per heavy atom. The van der Waals surface area contributed by atoms with E-state index in [2.05, 4.69) is 46.3 Å². The molecule has 0 aliphatic carbocycles. The molecule has 1 N–H and O–H groups in total. The van der Waals surface area contributed by atoms with Crippen molar-refractivity contribution in [1.82, 2.24) is 15.1 Å². The lowest BCUT2D eigenvalue weighted by atomic mass is 10.1. The standard InChI is InChI=1S/C25H42N4O2.HI/c1-3-26-25(29-15-12-22(19-29)21-31-17-16-30-2)27-18-23-10-6-7-11-24(23)20-28-13-8-4-5-9-14-28;/h6-7,10-11,22H,3-5,8-9,12-21H2,1-2H3,(H,26,27);1H. The number of hydrogen-bond donors (Lipinski definition) is 1. The third-order valence-corrected chi connectivity index (χ3v) is 6.32.